The molecule has 4 nitrogen and oxygen atoms in total. The minimum Gasteiger partial charge on any atom is -0.446 e. The number of halogens is 1. The van der Waals surface area contributed by atoms with Gasteiger partial charge in [-0.05, 0) is 39.0 Å². The van der Waals surface area contributed by atoms with Crippen molar-refractivity contribution in [1.82, 2.24) is 5.32 Å². The van der Waals surface area contributed by atoms with Crippen molar-refractivity contribution in [3.8, 4) is 0 Å². The smallest absolute Gasteiger partial charge is 0.407 e. The maximum absolute atomic E-state index is 11.8. The Morgan fingerprint density at radius 2 is 2.00 bits per heavy atom. The number of nitrogens with zero attached hydrogens (tertiary/aromatic N) is 1. The summed E-state index contributed by atoms with van der Waals surface area (Å²) >= 11 is 3.50. The lowest BCUT2D eigenvalue weighted by molar-refractivity contribution is 0.0777. The molecule has 1 N–H and O–H groups in total. The van der Waals surface area contributed by atoms with Crippen LogP contribution in [0.3, 0.4) is 0 Å². The zero-order valence-electron chi connectivity index (χ0n) is 12.9. The third kappa shape index (κ3) is 5.23. The molecule has 1 saturated heterocycles. The molecule has 0 saturated carbocycles. The van der Waals surface area contributed by atoms with E-state index < -0.39 is 0 Å². The van der Waals surface area contributed by atoms with E-state index in [1.807, 2.05) is 32.9 Å². The number of carbonyl (C=O) groups is 1. The highest BCUT2D eigenvalue weighted by Crippen LogP contribution is 2.24. The van der Waals surface area contributed by atoms with Gasteiger partial charge in [0.05, 0.1) is 0 Å². The van der Waals surface area contributed by atoms with E-state index in [2.05, 4.69) is 38.3 Å². The van der Waals surface area contributed by atoms with E-state index >= 15 is 0 Å². The van der Waals surface area contributed by atoms with Gasteiger partial charge in [-0.3, -0.25) is 0 Å². The number of hydrogen-bond acceptors (Lipinski definition) is 3. The lowest BCUT2D eigenvalue weighted by Crippen LogP contribution is -2.44. The van der Waals surface area contributed by atoms with Crippen molar-refractivity contribution in [2.45, 2.75) is 45.3 Å². The monoisotopic (exact) mass is 354 g/mol. The van der Waals surface area contributed by atoms with E-state index in [1.165, 1.54) is 5.69 Å². The first-order chi connectivity index (χ1) is 9.83. The third-order valence-corrected chi connectivity index (χ3v) is 3.86. The van der Waals surface area contributed by atoms with Crippen LogP contribution in [0, 0.1) is 0 Å². The Labute approximate surface area is 135 Å². The van der Waals surface area contributed by atoms with Gasteiger partial charge in [0.2, 0.25) is 0 Å². The van der Waals surface area contributed by atoms with Crippen LogP contribution in [0.5, 0.6) is 0 Å². The molecule has 0 unspecified atom stereocenters. The van der Waals surface area contributed by atoms with Crippen LogP contribution in [0.2, 0.25) is 0 Å². The SMILES string of the molecule is CC(C)(C)NC(=O)OC1CCN(c2cccc(Br)c2)CC1. The van der Waals surface area contributed by atoms with Crippen molar-refractivity contribution < 1.29 is 9.53 Å². The van der Waals surface area contributed by atoms with Crippen LogP contribution in [-0.4, -0.2) is 30.8 Å². The Morgan fingerprint density at radius 3 is 2.57 bits per heavy atom. The first-order valence-corrected chi connectivity index (χ1v) is 8.12. The molecule has 0 aromatic heterocycles. The molecule has 2 rings (SSSR count). The molecule has 5 heteroatoms. The van der Waals surface area contributed by atoms with Gasteiger partial charge in [0, 0.05) is 41.6 Å². The molecule has 1 aromatic carbocycles. The summed E-state index contributed by atoms with van der Waals surface area (Å²) in [7, 11) is 0. The summed E-state index contributed by atoms with van der Waals surface area (Å²) < 4.78 is 6.58. The molecule has 1 fully saturated rings. The highest BCUT2D eigenvalue weighted by atomic mass is 79.9. The first kappa shape index (κ1) is 16.1. The zero-order chi connectivity index (χ0) is 15.5. The fourth-order valence-corrected chi connectivity index (χ4v) is 2.78. The van der Waals surface area contributed by atoms with Gasteiger partial charge in [-0.15, -0.1) is 0 Å². The van der Waals surface area contributed by atoms with E-state index in [9.17, 15) is 4.79 Å². The fraction of sp³-hybridized carbons (Fsp3) is 0.562. The Balaban J connectivity index is 1.82. The van der Waals surface area contributed by atoms with Crippen molar-refractivity contribution in [2.75, 3.05) is 18.0 Å². The molecule has 1 aliphatic rings. The maximum Gasteiger partial charge on any atom is 0.407 e. The number of anilines is 1. The van der Waals surface area contributed by atoms with Crippen LogP contribution in [-0.2, 0) is 4.74 Å². The van der Waals surface area contributed by atoms with E-state index in [1.54, 1.807) is 0 Å². The molecule has 1 aliphatic heterocycles. The average Bonchev–Trinajstić information content (AvgIpc) is 2.37. The highest BCUT2D eigenvalue weighted by Gasteiger charge is 2.24. The summed E-state index contributed by atoms with van der Waals surface area (Å²) in [5.74, 6) is 0. The van der Waals surface area contributed by atoms with Crippen molar-refractivity contribution in [3.05, 3.63) is 28.7 Å². The van der Waals surface area contributed by atoms with E-state index in [0.717, 1.165) is 30.4 Å². The van der Waals surface area contributed by atoms with Gasteiger partial charge >= 0.3 is 6.09 Å². The number of carbonyl (C=O) groups excluding carboxylic acids is 1. The van der Waals surface area contributed by atoms with Crippen LogP contribution in [0.25, 0.3) is 0 Å². The molecular weight excluding hydrogens is 332 g/mol. The average molecular weight is 355 g/mol. The molecule has 1 heterocycles. The predicted octanol–water partition coefficient (Wildman–Crippen LogP) is 3.94. The summed E-state index contributed by atoms with van der Waals surface area (Å²) in [6, 6.07) is 8.29. The van der Waals surface area contributed by atoms with Crippen LogP contribution in [0.4, 0.5) is 10.5 Å². The minimum absolute atomic E-state index is 0.00996. The fourth-order valence-electron chi connectivity index (χ4n) is 2.39. The molecule has 0 atom stereocenters. The molecular formula is C16H23BrN2O2. The lowest BCUT2D eigenvalue weighted by Gasteiger charge is -2.33. The lowest BCUT2D eigenvalue weighted by atomic mass is 10.1. The van der Waals surface area contributed by atoms with Crippen LogP contribution in [0.15, 0.2) is 28.7 Å². The highest BCUT2D eigenvalue weighted by molar-refractivity contribution is 9.10. The Bertz CT molecular complexity index is 491. The molecule has 21 heavy (non-hydrogen) atoms. The zero-order valence-corrected chi connectivity index (χ0v) is 14.4. The quantitative estimate of drug-likeness (QED) is 0.874. The van der Waals surface area contributed by atoms with Crippen LogP contribution in [0.1, 0.15) is 33.6 Å². The number of piperidine rings is 1. The standard InChI is InChI=1S/C16H23BrN2O2/c1-16(2,3)18-15(20)21-14-7-9-19(10-8-14)13-6-4-5-12(17)11-13/h4-6,11,14H,7-10H2,1-3H3,(H,18,20). The second-order valence-electron chi connectivity index (χ2n) is 6.45. The molecule has 0 radical (unpaired) electrons. The minimum atomic E-state index is -0.316. The number of amides is 1. The summed E-state index contributed by atoms with van der Waals surface area (Å²) in [6.07, 6.45) is 1.42. The number of alkyl carbamates (subject to hydrolysis) is 1. The Hall–Kier alpha value is -1.23. The van der Waals surface area contributed by atoms with E-state index in [4.69, 9.17) is 4.74 Å². The van der Waals surface area contributed by atoms with Gasteiger partial charge in [0.15, 0.2) is 0 Å². The second kappa shape index (κ2) is 6.69. The summed E-state index contributed by atoms with van der Waals surface area (Å²) in [4.78, 5) is 14.1. The number of rotatable bonds is 2. The largest absolute Gasteiger partial charge is 0.446 e. The van der Waals surface area contributed by atoms with Gasteiger partial charge in [-0.2, -0.15) is 0 Å². The Kier molecular flexibility index (Phi) is 5.14. The van der Waals surface area contributed by atoms with E-state index in [0.29, 0.717) is 0 Å². The normalized spacial score (nSPS) is 16.7. The molecule has 1 aromatic rings. The van der Waals surface area contributed by atoms with Gasteiger partial charge in [-0.1, -0.05) is 22.0 Å². The number of benzene rings is 1. The van der Waals surface area contributed by atoms with E-state index in [-0.39, 0.29) is 17.7 Å². The van der Waals surface area contributed by atoms with Crippen molar-refractivity contribution in [2.24, 2.45) is 0 Å². The summed E-state index contributed by atoms with van der Waals surface area (Å²) in [5, 5.41) is 2.84. The van der Waals surface area contributed by atoms with Crippen LogP contribution >= 0.6 is 15.9 Å². The number of nitrogens with one attached hydrogen (secondary N) is 1. The molecule has 0 bridgehead atoms. The second-order valence-corrected chi connectivity index (χ2v) is 7.36. The van der Waals surface area contributed by atoms with Gasteiger partial charge in [0.25, 0.3) is 0 Å². The van der Waals surface area contributed by atoms with Crippen molar-refractivity contribution in [3.63, 3.8) is 0 Å². The van der Waals surface area contributed by atoms with Crippen molar-refractivity contribution >= 4 is 27.7 Å². The molecule has 0 aliphatic carbocycles. The Morgan fingerprint density at radius 1 is 1.33 bits per heavy atom. The van der Waals surface area contributed by atoms with Gasteiger partial charge < -0.3 is 15.0 Å². The number of ether oxygens (including phenoxy) is 1. The maximum atomic E-state index is 11.8. The topological polar surface area (TPSA) is 41.6 Å². The van der Waals surface area contributed by atoms with Gasteiger partial charge in [0.1, 0.15) is 6.10 Å². The van der Waals surface area contributed by atoms with Crippen molar-refractivity contribution in [1.29, 1.82) is 0 Å². The van der Waals surface area contributed by atoms with Crippen LogP contribution < -0.4 is 10.2 Å². The molecule has 1 amide bonds. The molecule has 116 valence electrons. The molecule has 0 spiro atoms. The van der Waals surface area contributed by atoms with Gasteiger partial charge in [-0.25, -0.2) is 4.79 Å². The number of hydrogen-bond donors (Lipinski definition) is 1. The summed E-state index contributed by atoms with van der Waals surface area (Å²) in [5.41, 5.74) is 0.954. The predicted molar refractivity (Wildman–Crippen MR) is 88.7 cm³/mol. The summed E-state index contributed by atoms with van der Waals surface area (Å²) in [6.45, 7) is 7.66. The first-order valence-electron chi connectivity index (χ1n) is 7.33. The third-order valence-electron chi connectivity index (χ3n) is 3.37.